The molecule has 2 aromatic carbocycles. The van der Waals surface area contributed by atoms with Crippen molar-refractivity contribution in [2.24, 2.45) is 0 Å². The van der Waals surface area contributed by atoms with Gasteiger partial charge in [-0.05, 0) is 18.9 Å². The fourth-order valence-corrected chi connectivity index (χ4v) is 2.87. The van der Waals surface area contributed by atoms with Crippen LogP contribution in [0, 0.1) is 0 Å². The molecule has 24 heavy (non-hydrogen) atoms. The molecule has 2 heteroatoms. The van der Waals surface area contributed by atoms with E-state index in [-0.39, 0.29) is 0 Å². The molecule has 0 atom stereocenters. The van der Waals surface area contributed by atoms with Crippen molar-refractivity contribution >= 4 is 5.57 Å². The van der Waals surface area contributed by atoms with Gasteiger partial charge in [-0.25, -0.2) is 9.97 Å². The van der Waals surface area contributed by atoms with Crippen molar-refractivity contribution in [2.45, 2.75) is 12.8 Å². The van der Waals surface area contributed by atoms with Crippen molar-refractivity contribution in [1.82, 2.24) is 9.97 Å². The first-order chi connectivity index (χ1) is 11.9. The zero-order valence-electron chi connectivity index (χ0n) is 13.4. The summed E-state index contributed by atoms with van der Waals surface area (Å²) in [7, 11) is 0. The van der Waals surface area contributed by atoms with E-state index in [1.165, 1.54) is 0 Å². The Hall–Kier alpha value is -3.00. The van der Waals surface area contributed by atoms with Crippen LogP contribution in [0.15, 0.2) is 85.0 Å². The van der Waals surface area contributed by atoms with Gasteiger partial charge in [-0.3, -0.25) is 0 Å². The molecule has 2 nitrogen and oxygen atoms in total. The number of allylic oxidation sites excluding steroid dienone is 4. The van der Waals surface area contributed by atoms with Crippen LogP contribution >= 0.6 is 0 Å². The highest BCUT2D eigenvalue weighted by Gasteiger charge is 2.11. The van der Waals surface area contributed by atoms with E-state index in [1.54, 1.807) is 0 Å². The van der Waals surface area contributed by atoms with Crippen LogP contribution < -0.4 is 0 Å². The van der Waals surface area contributed by atoms with Gasteiger partial charge in [0.05, 0.1) is 11.4 Å². The molecule has 3 aromatic rings. The Morgan fingerprint density at radius 2 is 1.25 bits per heavy atom. The van der Waals surface area contributed by atoms with E-state index < -0.39 is 0 Å². The fourth-order valence-electron chi connectivity index (χ4n) is 2.87. The van der Waals surface area contributed by atoms with E-state index in [0.717, 1.165) is 46.8 Å². The van der Waals surface area contributed by atoms with Crippen LogP contribution in [0.4, 0.5) is 0 Å². The number of nitrogens with zero attached hydrogens (tertiary/aromatic N) is 2. The highest BCUT2D eigenvalue weighted by molar-refractivity contribution is 5.75. The van der Waals surface area contributed by atoms with Gasteiger partial charge in [0.2, 0.25) is 0 Å². The Labute approximate surface area is 142 Å². The van der Waals surface area contributed by atoms with E-state index in [2.05, 4.69) is 48.6 Å². The molecule has 0 aliphatic heterocycles. The first-order valence-electron chi connectivity index (χ1n) is 8.27. The third-order valence-corrected chi connectivity index (χ3v) is 4.12. The largest absolute Gasteiger partial charge is 0.228 e. The highest BCUT2D eigenvalue weighted by atomic mass is 14.9. The summed E-state index contributed by atoms with van der Waals surface area (Å²) in [5.41, 5.74) is 5.24. The molecule has 0 fully saturated rings. The van der Waals surface area contributed by atoms with E-state index in [0.29, 0.717) is 0 Å². The lowest BCUT2D eigenvalue weighted by molar-refractivity contribution is 1.03. The first kappa shape index (κ1) is 14.6. The molecular weight excluding hydrogens is 292 g/mol. The maximum Gasteiger partial charge on any atom is 0.160 e. The Kier molecular flexibility index (Phi) is 4.03. The van der Waals surface area contributed by atoms with Crippen LogP contribution in [0.25, 0.3) is 28.1 Å². The van der Waals surface area contributed by atoms with Crippen molar-refractivity contribution < 1.29 is 0 Å². The lowest BCUT2D eigenvalue weighted by Gasteiger charge is -2.11. The molecule has 1 aliphatic carbocycles. The third kappa shape index (κ3) is 3.04. The Balaban J connectivity index is 1.88. The molecule has 0 saturated carbocycles. The summed E-state index contributed by atoms with van der Waals surface area (Å²) in [5.74, 6) is 0.797. The van der Waals surface area contributed by atoms with Crippen LogP contribution in [-0.4, -0.2) is 9.97 Å². The quantitative estimate of drug-likeness (QED) is 0.634. The Bertz CT molecular complexity index is 836. The van der Waals surface area contributed by atoms with Crippen LogP contribution in [0.5, 0.6) is 0 Å². The van der Waals surface area contributed by atoms with Gasteiger partial charge in [0.15, 0.2) is 5.82 Å². The molecule has 0 spiro atoms. The summed E-state index contributed by atoms with van der Waals surface area (Å²) in [6.45, 7) is 0. The summed E-state index contributed by atoms with van der Waals surface area (Å²) >= 11 is 0. The second-order valence-corrected chi connectivity index (χ2v) is 5.83. The molecule has 0 N–H and O–H groups in total. The van der Waals surface area contributed by atoms with Gasteiger partial charge in [0.1, 0.15) is 0 Å². The van der Waals surface area contributed by atoms with Crippen molar-refractivity contribution in [3.63, 3.8) is 0 Å². The van der Waals surface area contributed by atoms with Crippen LogP contribution in [0.2, 0.25) is 0 Å². The summed E-state index contributed by atoms with van der Waals surface area (Å²) in [4.78, 5) is 9.64. The summed E-state index contributed by atoms with van der Waals surface area (Å²) in [5, 5.41) is 0. The van der Waals surface area contributed by atoms with Crippen molar-refractivity contribution in [3.05, 3.63) is 90.8 Å². The van der Waals surface area contributed by atoms with Crippen LogP contribution in [0.3, 0.4) is 0 Å². The minimum absolute atomic E-state index is 0.797. The van der Waals surface area contributed by atoms with E-state index in [9.17, 15) is 0 Å². The fraction of sp³-hybridized carbons (Fsp3) is 0.0909. The Morgan fingerprint density at radius 1 is 0.667 bits per heavy atom. The van der Waals surface area contributed by atoms with Gasteiger partial charge < -0.3 is 0 Å². The number of hydrogen-bond donors (Lipinski definition) is 0. The van der Waals surface area contributed by atoms with Crippen molar-refractivity contribution in [1.29, 1.82) is 0 Å². The summed E-state index contributed by atoms with van der Waals surface area (Å²) < 4.78 is 0. The van der Waals surface area contributed by atoms with E-state index in [1.807, 2.05) is 36.4 Å². The summed E-state index contributed by atoms with van der Waals surface area (Å²) in [6.07, 6.45) is 8.68. The summed E-state index contributed by atoms with van der Waals surface area (Å²) in [6, 6.07) is 22.6. The second-order valence-electron chi connectivity index (χ2n) is 5.83. The molecule has 4 rings (SSSR count). The van der Waals surface area contributed by atoms with Crippen LogP contribution in [-0.2, 0) is 0 Å². The highest BCUT2D eigenvalue weighted by Crippen LogP contribution is 2.27. The maximum atomic E-state index is 4.82. The topological polar surface area (TPSA) is 25.8 Å². The third-order valence-electron chi connectivity index (χ3n) is 4.12. The zero-order valence-corrected chi connectivity index (χ0v) is 13.4. The molecule has 0 bridgehead atoms. The molecule has 0 saturated heterocycles. The van der Waals surface area contributed by atoms with Gasteiger partial charge in [-0.15, -0.1) is 0 Å². The molecule has 0 amide bonds. The monoisotopic (exact) mass is 310 g/mol. The molecule has 1 aromatic heterocycles. The molecular formula is C22H18N2. The van der Waals surface area contributed by atoms with Crippen molar-refractivity contribution in [2.75, 3.05) is 0 Å². The molecule has 1 heterocycles. The number of hydrogen-bond acceptors (Lipinski definition) is 2. The maximum absolute atomic E-state index is 4.82. The second kappa shape index (κ2) is 6.63. The average molecular weight is 310 g/mol. The van der Waals surface area contributed by atoms with Gasteiger partial charge in [0.25, 0.3) is 0 Å². The number of aromatic nitrogens is 2. The molecule has 1 aliphatic rings. The average Bonchev–Trinajstić information content (AvgIpc) is 2.70. The normalized spacial score (nSPS) is 13.6. The van der Waals surface area contributed by atoms with Gasteiger partial charge in [-0.1, -0.05) is 78.9 Å². The minimum atomic E-state index is 0.797. The smallest absolute Gasteiger partial charge is 0.160 e. The zero-order chi connectivity index (χ0) is 16.2. The lowest BCUT2D eigenvalue weighted by Crippen LogP contribution is -1.99. The first-order valence-corrected chi connectivity index (χ1v) is 8.27. The predicted octanol–water partition coefficient (Wildman–Crippen LogP) is 5.54. The van der Waals surface area contributed by atoms with E-state index in [4.69, 9.17) is 9.97 Å². The lowest BCUT2D eigenvalue weighted by atomic mass is 10.0. The van der Waals surface area contributed by atoms with Gasteiger partial charge >= 0.3 is 0 Å². The molecule has 0 unspecified atom stereocenters. The number of rotatable bonds is 3. The van der Waals surface area contributed by atoms with Crippen LogP contribution in [0.1, 0.15) is 18.7 Å². The minimum Gasteiger partial charge on any atom is -0.228 e. The molecule has 0 radical (unpaired) electrons. The van der Waals surface area contributed by atoms with Crippen molar-refractivity contribution in [3.8, 4) is 22.5 Å². The van der Waals surface area contributed by atoms with Gasteiger partial charge in [0, 0.05) is 16.7 Å². The predicted molar refractivity (Wildman–Crippen MR) is 99.3 cm³/mol. The van der Waals surface area contributed by atoms with Gasteiger partial charge in [-0.2, -0.15) is 0 Å². The standard InChI is InChI=1S/C22H18N2/c1-4-10-17(11-5-1)20-16-21(18-12-6-2-7-13-18)24-22(23-20)19-14-8-3-9-15-19/h1-2,4-8,10-16H,3,9H2. The van der Waals surface area contributed by atoms with E-state index >= 15 is 0 Å². The Morgan fingerprint density at radius 3 is 1.75 bits per heavy atom. The molecule has 116 valence electrons. The number of benzene rings is 2. The SMILES string of the molecule is C1=CC(c2nc(-c3ccccc3)cc(-c3ccccc3)n2)=CCC1.